The molecular formula is C17H14N2O3S. The standard InChI is InChI=1S/C17H14N2O3S/c1-11-3-5-12(6-4-11)18-15(20)16(23)19(17(18)21)13-7-9-14(22-2)10-8-13/h3-10H,1-2H3. The van der Waals surface area contributed by atoms with Crippen LogP contribution in [0.4, 0.5) is 16.2 Å². The molecule has 1 aliphatic rings. The lowest BCUT2D eigenvalue weighted by Crippen LogP contribution is -2.33. The SMILES string of the molecule is COc1ccc(N2C(=O)N(c3ccc(C)cc3)C(=O)C2=S)cc1. The predicted octanol–water partition coefficient (Wildman–Crippen LogP) is 3.30. The fourth-order valence-corrected chi connectivity index (χ4v) is 2.62. The molecule has 23 heavy (non-hydrogen) atoms. The van der Waals surface area contributed by atoms with Gasteiger partial charge in [-0.05, 0) is 43.3 Å². The average Bonchev–Trinajstić information content (AvgIpc) is 2.78. The normalized spacial score (nSPS) is 14.6. The van der Waals surface area contributed by atoms with Crippen LogP contribution >= 0.6 is 12.2 Å². The number of rotatable bonds is 3. The molecule has 0 unspecified atom stereocenters. The van der Waals surface area contributed by atoms with E-state index in [1.807, 2.05) is 19.1 Å². The number of hydrogen-bond acceptors (Lipinski definition) is 4. The predicted molar refractivity (Wildman–Crippen MR) is 92.1 cm³/mol. The van der Waals surface area contributed by atoms with Crippen LogP contribution in [0, 0.1) is 6.92 Å². The summed E-state index contributed by atoms with van der Waals surface area (Å²) >= 11 is 5.17. The highest BCUT2D eigenvalue weighted by molar-refractivity contribution is 7.82. The number of amides is 3. The maximum Gasteiger partial charge on any atom is 0.341 e. The molecule has 6 heteroatoms. The quantitative estimate of drug-likeness (QED) is 0.641. The lowest BCUT2D eigenvalue weighted by atomic mass is 10.2. The molecular weight excluding hydrogens is 312 g/mol. The minimum absolute atomic E-state index is 0.0410. The molecule has 0 saturated carbocycles. The van der Waals surface area contributed by atoms with Crippen molar-refractivity contribution in [2.24, 2.45) is 0 Å². The van der Waals surface area contributed by atoms with Crippen molar-refractivity contribution in [2.75, 3.05) is 16.9 Å². The van der Waals surface area contributed by atoms with Crippen LogP contribution in [0.5, 0.6) is 5.75 Å². The van der Waals surface area contributed by atoms with Crippen molar-refractivity contribution in [1.29, 1.82) is 0 Å². The number of benzene rings is 2. The Labute approximate surface area is 139 Å². The highest BCUT2D eigenvalue weighted by Crippen LogP contribution is 2.28. The van der Waals surface area contributed by atoms with Crippen molar-refractivity contribution in [3.05, 3.63) is 54.1 Å². The van der Waals surface area contributed by atoms with E-state index in [4.69, 9.17) is 17.0 Å². The van der Waals surface area contributed by atoms with Gasteiger partial charge in [0.2, 0.25) is 0 Å². The van der Waals surface area contributed by atoms with E-state index in [-0.39, 0.29) is 4.99 Å². The zero-order valence-electron chi connectivity index (χ0n) is 12.6. The molecule has 0 aliphatic carbocycles. The Balaban J connectivity index is 1.97. The lowest BCUT2D eigenvalue weighted by molar-refractivity contribution is -0.111. The minimum Gasteiger partial charge on any atom is -0.497 e. The van der Waals surface area contributed by atoms with Crippen molar-refractivity contribution < 1.29 is 14.3 Å². The second kappa shape index (κ2) is 5.81. The van der Waals surface area contributed by atoms with E-state index in [0.29, 0.717) is 17.1 Å². The number of aryl methyl sites for hydroxylation is 1. The Kier molecular flexibility index (Phi) is 3.83. The molecule has 0 atom stereocenters. The van der Waals surface area contributed by atoms with Crippen LogP contribution in [0.15, 0.2) is 48.5 Å². The third-order valence-electron chi connectivity index (χ3n) is 3.59. The molecule has 3 rings (SSSR count). The Bertz CT molecular complexity index is 784. The molecule has 5 nitrogen and oxygen atoms in total. The molecule has 116 valence electrons. The van der Waals surface area contributed by atoms with E-state index in [1.165, 1.54) is 4.90 Å². The Morgan fingerprint density at radius 2 is 1.39 bits per heavy atom. The first-order chi connectivity index (χ1) is 11.0. The number of carbonyl (C=O) groups is 2. The molecule has 0 aromatic heterocycles. The van der Waals surface area contributed by atoms with Gasteiger partial charge in [0.15, 0.2) is 4.99 Å². The molecule has 1 aliphatic heterocycles. The Hall–Kier alpha value is -2.73. The number of anilines is 2. The summed E-state index contributed by atoms with van der Waals surface area (Å²) in [5.74, 6) is 0.165. The van der Waals surface area contributed by atoms with Gasteiger partial charge in [-0.3, -0.25) is 4.79 Å². The van der Waals surface area contributed by atoms with E-state index in [0.717, 1.165) is 10.5 Å². The number of thiocarbonyl (C=S) groups is 1. The molecule has 2 aromatic rings. The van der Waals surface area contributed by atoms with E-state index < -0.39 is 11.9 Å². The van der Waals surface area contributed by atoms with Crippen LogP contribution < -0.4 is 14.5 Å². The molecule has 0 spiro atoms. The number of imide groups is 1. The molecule has 3 amide bonds. The van der Waals surface area contributed by atoms with Crippen LogP contribution in [0.1, 0.15) is 5.56 Å². The zero-order chi connectivity index (χ0) is 16.6. The number of hydrogen-bond donors (Lipinski definition) is 0. The van der Waals surface area contributed by atoms with Crippen LogP contribution in [0.3, 0.4) is 0 Å². The lowest BCUT2D eigenvalue weighted by Gasteiger charge is -2.16. The molecule has 0 bridgehead atoms. The van der Waals surface area contributed by atoms with Gasteiger partial charge in [-0.25, -0.2) is 14.6 Å². The smallest absolute Gasteiger partial charge is 0.341 e. The zero-order valence-corrected chi connectivity index (χ0v) is 13.5. The van der Waals surface area contributed by atoms with Gasteiger partial charge >= 0.3 is 6.03 Å². The Morgan fingerprint density at radius 3 is 1.96 bits per heavy atom. The maximum atomic E-state index is 12.7. The van der Waals surface area contributed by atoms with E-state index >= 15 is 0 Å². The first-order valence-electron chi connectivity index (χ1n) is 6.96. The molecule has 1 heterocycles. The molecule has 0 N–H and O–H groups in total. The summed E-state index contributed by atoms with van der Waals surface area (Å²) in [6, 6.07) is 13.5. The number of carbonyl (C=O) groups excluding carboxylic acids is 2. The van der Waals surface area contributed by atoms with Crippen molar-refractivity contribution in [3.63, 3.8) is 0 Å². The van der Waals surface area contributed by atoms with Gasteiger partial charge in [0.25, 0.3) is 5.91 Å². The van der Waals surface area contributed by atoms with Crippen molar-refractivity contribution in [2.45, 2.75) is 6.92 Å². The van der Waals surface area contributed by atoms with Gasteiger partial charge in [-0.15, -0.1) is 0 Å². The summed E-state index contributed by atoms with van der Waals surface area (Å²) in [4.78, 5) is 27.4. The number of ether oxygens (including phenoxy) is 1. The van der Waals surface area contributed by atoms with Crippen molar-refractivity contribution in [3.8, 4) is 5.75 Å². The molecule has 1 saturated heterocycles. The summed E-state index contributed by atoms with van der Waals surface area (Å²) in [5.41, 5.74) is 2.08. The summed E-state index contributed by atoms with van der Waals surface area (Å²) in [6.07, 6.45) is 0. The third kappa shape index (κ3) is 2.57. The average molecular weight is 326 g/mol. The van der Waals surface area contributed by atoms with Crippen LogP contribution in [0.2, 0.25) is 0 Å². The number of nitrogens with zero attached hydrogens (tertiary/aromatic N) is 2. The van der Waals surface area contributed by atoms with E-state index in [9.17, 15) is 9.59 Å². The summed E-state index contributed by atoms with van der Waals surface area (Å²) in [7, 11) is 1.56. The first-order valence-corrected chi connectivity index (χ1v) is 7.37. The number of urea groups is 1. The fourth-order valence-electron chi connectivity index (χ4n) is 2.35. The van der Waals surface area contributed by atoms with Crippen molar-refractivity contribution >= 4 is 40.5 Å². The summed E-state index contributed by atoms with van der Waals surface area (Å²) < 4.78 is 5.09. The van der Waals surface area contributed by atoms with Gasteiger partial charge in [-0.2, -0.15) is 0 Å². The maximum absolute atomic E-state index is 12.7. The van der Waals surface area contributed by atoms with E-state index in [1.54, 1.807) is 43.5 Å². The van der Waals surface area contributed by atoms with Crippen molar-refractivity contribution in [1.82, 2.24) is 0 Å². The van der Waals surface area contributed by atoms with Gasteiger partial charge in [0, 0.05) is 0 Å². The fraction of sp³-hybridized carbons (Fsp3) is 0.118. The van der Waals surface area contributed by atoms with Crippen LogP contribution in [-0.2, 0) is 4.79 Å². The Morgan fingerprint density at radius 1 is 0.870 bits per heavy atom. The van der Waals surface area contributed by atoms with Gasteiger partial charge < -0.3 is 4.74 Å². The highest BCUT2D eigenvalue weighted by Gasteiger charge is 2.43. The molecule has 2 aromatic carbocycles. The molecule has 0 radical (unpaired) electrons. The van der Waals surface area contributed by atoms with Gasteiger partial charge in [0.05, 0.1) is 18.5 Å². The largest absolute Gasteiger partial charge is 0.497 e. The summed E-state index contributed by atoms with van der Waals surface area (Å²) in [6.45, 7) is 1.94. The summed E-state index contributed by atoms with van der Waals surface area (Å²) in [5, 5.41) is 0. The monoisotopic (exact) mass is 326 g/mol. The highest BCUT2D eigenvalue weighted by atomic mass is 32.1. The topological polar surface area (TPSA) is 49.9 Å². The second-order valence-corrected chi connectivity index (χ2v) is 5.48. The number of methoxy groups -OCH3 is 1. The van der Waals surface area contributed by atoms with Gasteiger partial charge in [0.1, 0.15) is 5.75 Å². The first kappa shape index (κ1) is 15.2. The van der Waals surface area contributed by atoms with Crippen LogP contribution in [-0.4, -0.2) is 24.0 Å². The minimum atomic E-state index is -0.496. The van der Waals surface area contributed by atoms with Crippen LogP contribution in [0.25, 0.3) is 0 Å². The second-order valence-electron chi connectivity index (χ2n) is 5.10. The third-order valence-corrected chi connectivity index (χ3v) is 3.95. The molecule has 1 fully saturated rings. The van der Waals surface area contributed by atoms with E-state index in [2.05, 4.69) is 0 Å². The van der Waals surface area contributed by atoms with Gasteiger partial charge in [-0.1, -0.05) is 29.9 Å².